The van der Waals surface area contributed by atoms with Crippen LogP contribution in [0.2, 0.25) is 0 Å². The molecule has 1 rings (SSSR count). The molecule has 1 aromatic rings. The Morgan fingerprint density at radius 1 is 1.07 bits per heavy atom. The molecule has 0 fully saturated rings. The molecule has 1 heterocycles. The molecule has 0 radical (unpaired) electrons. The van der Waals surface area contributed by atoms with Gasteiger partial charge in [-0.3, -0.25) is 0 Å². The SMILES string of the molecule is CC(C)(C)Cc1cnn(CC(C)(C)C)n1. The van der Waals surface area contributed by atoms with Crippen LogP contribution in [0, 0.1) is 10.8 Å². The fraction of sp³-hybridized carbons (Fsp3) is 0.833. The number of hydrogen-bond acceptors (Lipinski definition) is 2. The van der Waals surface area contributed by atoms with Crippen LogP contribution in [0.15, 0.2) is 6.20 Å². The summed E-state index contributed by atoms with van der Waals surface area (Å²) in [5.41, 5.74) is 1.60. The zero-order chi connectivity index (χ0) is 11.7. The maximum Gasteiger partial charge on any atom is 0.0832 e. The van der Waals surface area contributed by atoms with Crippen molar-refractivity contribution in [2.45, 2.75) is 54.5 Å². The van der Waals surface area contributed by atoms with Crippen LogP contribution in [0.1, 0.15) is 47.2 Å². The van der Waals surface area contributed by atoms with Crippen molar-refractivity contribution in [1.82, 2.24) is 15.0 Å². The van der Waals surface area contributed by atoms with Gasteiger partial charge in [-0.2, -0.15) is 15.0 Å². The van der Waals surface area contributed by atoms with Gasteiger partial charge in [0.2, 0.25) is 0 Å². The van der Waals surface area contributed by atoms with E-state index in [0.29, 0.717) is 0 Å². The zero-order valence-electron chi connectivity index (χ0n) is 10.8. The van der Waals surface area contributed by atoms with Gasteiger partial charge in [-0.05, 0) is 17.3 Å². The summed E-state index contributed by atoms with van der Waals surface area (Å²) in [6, 6.07) is 0. The van der Waals surface area contributed by atoms with Crippen molar-refractivity contribution in [3.8, 4) is 0 Å². The summed E-state index contributed by atoms with van der Waals surface area (Å²) in [7, 11) is 0. The topological polar surface area (TPSA) is 30.7 Å². The molecule has 0 amide bonds. The smallest absolute Gasteiger partial charge is 0.0832 e. The van der Waals surface area contributed by atoms with Gasteiger partial charge in [0.15, 0.2) is 0 Å². The summed E-state index contributed by atoms with van der Waals surface area (Å²) < 4.78 is 0. The van der Waals surface area contributed by atoms with E-state index in [-0.39, 0.29) is 10.8 Å². The fourth-order valence-corrected chi connectivity index (χ4v) is 1.46. The molecule has 0 aliphatic rings. The molecule has 0 atom stereocenters. The van der Waals surface area contributed by atoms with Gasteiger partial charge in [0, 0.05) is 0 Å². The van der Waals surface area contributed by atoms with Crippen LogP contribution in [0.3, 0.4) is 0 Å². The van der Waals surface area contributed by atoms with E-state index in [0.717, 1.165) is 18.7 Å². The molecular weight excluding hydrogens is 186 g/mol. The molecule has 0 saturated heterocycles. The Morgan fingerprint density at radius 3 is 2.13 bits per heavy atom. The molecule has 0 saturated carbocycles. The van der Waals surface area contributed by atoms with Gasteiger partial charge < -0.3 is 0 Å². The van der Waals surface area contributed by atoms with E-state index in [1.807, 2.05) is 6.20 Å². The molecule has 86 valence electrons. The Hall–Kier alpha value is -0.860. The minimum absolute atomic E-state index is 0.234. The van der Waals surface area contributed by atoms with E-state index < -0.39 is 0 Å². The molecule has 0 aliphatic carbocycles. The van der Waals surface area contributed by atoms with Gasteiger partial charge in [-0.1, -0.05) is 41.5 Å². The Kier molecular flexibility index (Phi) is 3.22. The van der Waals surface area contributed by atoms with Gasteiger partial charge in [0.05, 0.1) is 18.4 Å². The summed E-state index contributed by atoms with van der Waals surface area (Å²) in [4.78, 5) is 1.81. The molecule has 3 nitrogen and oxygen atoms in total. The molecule has 0 unspecified atom stereocenters. The quantitative estimate of drug-likeness (QED) is 0.750. The minimum atomic E-state index is 0.234. The largest absolute Gasteiger partial charge is 0.184 e. The third-order valence-corrected chi connectivity index (χ3v) is 1.91. The first-order chi connectivity index (χ1) is 6.66. The summed E-state index contributed by atoms with van der Waals surface area (Å²) >= 11 is 0. The van der Waals surface area contributed by atoms with E-state index >= 15 is 0 Å². The van der Waals surface area contributed by atoms with Gasteiger partial charge in [0.25, 0.3) is 0 Å². The van der Waals surface area contributed by atoms with E-state index in [1.54, 1.807) is 4.80 Å². The normalized spacial score (nSPS) is 13.2. The van der Waals surface area contributed by atoms with E-state index in [2.05, 4.69) is 51.7 Å². The van der Waals surface area contributed by atoms with Crippen molar-refractivity contribution in [2.75, 3.05) is 0 Å². The molecule has 0 spiro atoms. The monoisotopic (exact) mass is 209 g/mol. The third-order valence-electron chi connectivity index (χ3n) is 1.91. The second-order valence-corrected chi connectivity index (χ2v) is 6.66. The highest BCUT2D eigenvalue weighted by molar-refractivity contribution is 4.95. The zero-order valence-corrected chi connectivity index (χ0v) is 10.8. The summed E-state index contributed by atoms with van der Waals surface area (Å²) in [6.07, 6.45) is 2.87. The van der Waals surface area contributed by atoms with Crippen LogP contribution in [0.4, 0.5) is 0 Å². The molecule has 0 aliphatic heterocycles. The van der Waals surface area contributed by atoms with Gasteiger partial charge in [-0.15, -0.1) is 0 Å². The first-order valence-electron chi connectivity index (χ1n) is 5.55. The van der Waals surface area contributed by atoms with Crippen molar-refractivity contribution >= 4 is 0 Å². The standard InChI is InChI=1S/C12H23N3/c1-11(2,3)7-10-8-13-15(14-10)9-12(4,5)6/h8H,7,9H2,1-6H3. The second-order valence-electron chi connectivity index (χ2n) is 6.66. The Balaban J connectivity index is 2.65. The van der Waals surface area contributed by atoms with E-state index in [4.69, 9.17) is 0 Å². The second kappa shape index (κ2) is 3.95. The maximum absolute atomic E-state index is 4.49. The van der Waals surface area contributed by atoms with Crippen LogP contribution in [0.25, 0.3) is 0 Å². The number of rotatable bonds is 2. The number of hydrogen-bond donors (Lipinski definition) is 0. The lowest BCUT2D eigenvalue weighted by molar-refractivity contribution is 0.301. The highest BCUT2D eigenvalue weighted by Gasteiger charge is 2.16. The lowest BCUT2D eigenvalue weighted by Gasteiger charge is -2.17. The van der Waals surface area contributed by atoms with Crippen LogP contribution in [-0.2, 0) is 13.0 Å². The van der Waals surface area contributed by atoms with Crippen LogP contribution >= 0.6 is 0 Å². The first-order valence-corrected chi connectivity index (χ1v) is 5.55. The van der Waals surface area contributed by atoms with Gasteiger partial charge >= 0.3 is 0 Å². The van der Waals surface area contributed by atoms with Gasteiger partial charge in [0.1, 0.15) is 0 Å². The highest BCUT2D eigenvalue weighted by atomic mass is 15.5. The molecule has 0 aromatic carbocycles. The van der Waals surface area contributed by atoms with Gasteiger partial charge in [-0.25, -0.2) is 0 Å². The van der Waals surface area contributed by atoms with Crippen molar-refractivity contribution in [3.05, 3.63) is 11.9 Å². The average Bonchev–Trinajstić information content (AvgIpc) is 2.28. The Bertz CT molecular complexity index is 282. The fourth-order valence-electron chi connectivity index (χ4n) is 1.46. The third kappa shape index (κ3) is 4.96. The minimum Gasteiger partial charge on any atom is -0.184 e. The highest BCUT2D eigenvalue weighted by Crippen LogP contribution is 2.19. The van der Waals surface area contributed by atoms with Crippen LogP contribution < -0.4 is 0 Å². The van der Waals surface area contributed by atoms with Crippen molar-refractivity contribution in [1.29, 1.82) is 0 Å². The Labute approximate surface area is 92.9 Å². The van der Waals surface area contributed by atoms with Crippen LogP contribution in [-0.4, -0.2) is 15.0 Å². The molecule has 0 N–H and O–H groups in total. The van der Waals surface area contributed by atoms with Crippen molar-refractivity contribution < 1.29 is 0 Å². The summed E-state index contributed by atoms with van der Waals surface area (Å²) in [6.45, 7) is 14.1. The molecule has 15 heavy (non-hydrogen) atoms. The lowest BCUT2D eigenvalue weighted by atomic mass is 9.91. The van der Waals surface area contributed by atoms with Crippen molar-refractivity contribution in [2.24, 2.45) is 10.8 Å². The maximum atomic E-state index is 4.49. The molecular formula is C12H23N3. The number of nitrogens with zero attached hydrogens (tertiary/aromatic N) is 3. The molecule has 3 heteroatoms. The van der Waals surface area contributed by atoms with Crippen LogP contribution in [0.5, 0.6) is 0 Å². The van der Waals surface area contributed by atoms with Crippen molar-refractivity contribution in [3.63, 3.8) is 0 Å². The predicted molar refractivity (Wildman–Crippen MR) is 62.6 cm³/mol. The predicted octanol–water partition coefficient (Wildman–Crippen LogP) is 2.91. The van der Waals surface area contributed by atoms with E-state index in [9.17, 15) is 0 Å². The Morgan fingerprint density at radius 2 is 1.67 bits per heavy atom. The average molecular weight is 209 g/mol. The van der Waals surface area contributed by atoms with E-state index in [1.165, 1.54) is 0 Å². The lowest BCUT2D eigenvalue weighted by Crippen LogP contribution is -2.18. The molecule has 1 aromatic heterocycles. The molecule has 0 bridgehead atoms. The first kappa shape index (κ1) is 12.2. The summed E-state index contributed by atoms with van der Waals surface area (Å²) in [5, 5.41) is 8.78. The summed E-state index contributed by atoms with van der Waals surface area (Å²) in [5.74, 6) is 0. The number of aromatic nitrogens is 3.